The molecular formula is C8H7NO6S. The van der Waals surface area contributed by atoms with Crippen LogP contribution in [0.25, 0.3) is 0 Å². The smallest absolute Gasteiger partial charge is 0.355 e. The normalized spacial score (nSPS) is 11.1. The van der Waals surface area contributed by atoms with Crippen LogP contribution in [0.2, 0.25) is 0 Å². The molecule has 1 heterocycles. The number of Topliss-reactive ketones (excluding diaryl/α,β-unsaturated/α-hetero) is 1. The Morgan fingerprint density at radius 1 is 1.31 bits per heavy atom. The lowest BCUT2D eigenvalue weighted by atomic mass is 10.1. The Labute approximate surface area is 90.5 Å². The largest absolute Gasteiger partial charge is 0.476 e. The van der Waals surface area contributed by atoms with Gasteiger partial charge >= 0.3 is 16.1 Å². The Bertz CT molecular complexity index is 562. The van der Waals surface area contributed by atoms with E-state index in [0.717, 1.165) is 19.1 Å². The lowest BCUT2D eigenvalue weighted by molar-refractivity contribution is 0.0685. The highest BCUT2D eigenvalue weighted by atomic mass is 32.2. The molecular weight excluding hydrogens is 238 g/mol. The van der Waals surface area contributed by atoms with E-state index in [9.17, 15) is 18.0 Å². The summed E-state index contributed by atoms with van der Waals surface area (Å²) in [6.45, 7) is 1.12. The number of rotatable bonds is 3. The fourth-order valence-corrected chi connectivity index (χ4v) is 1.48. The van der Waals surface area contributed by atoms with Crippen molar-refractivity contribution < 1.29 is 27.7 Å². The molecule has 0 amide bonds. The molecule has 0 aliphatic heterocycles. The second-order valence-electron chi connectivity index (χ2n) is 2.88. The van der Waals surface area contributed by atoms with Crippen LogP contribution in [0, 0.1) is 0 Å². The van der Waals surface area contributed by atoms with E-state index in [1.165, 1.54) is 0 Å². The number of nitrogens with zero attached hydrogens (tertiary/aromatic N) is 1. The molecule has 0 unspecified atom stereocenters. The number of carbonyl (C=O) groups excluding carboxylic acids is 1. The summed E-state index contributed by atoms with van der Waals surface area (Å²) in [4.78, 5) is 24.9. The summed E-state index contributed by atoms with van der Waals surface area (Å²) in [5, 5.41) is 7.90. The number of aromatic carboxylic acids is 1. The Balaban J connectivity index is 3.52. The Hall–Kier alpha value is -1.80. The summed E-state index contributed by atoms with van der Waals surface area (Å²) in [6, 6.07) is 1.85. The maximum atomic E-state index is 11.0. The number of hydrogen-bond acceptors (Lipinski definition) is 5. The minimum atomic E-state index is -4.59. The zero-order valence-electron chi connectivity index (χ0n) is 8.04. The molecule has 86 valence electrons. The molecule has 0 aromatic carbocycles. The van der Waals surface area contributed by atoms with E-state index >= 15 is 0 Å². The third kappa shape index (κ3) is 2.41. The van der Waals surface area contributed by atoms with E-state index in [0.29, 0.717) is 0 Å². The van der Waals surface area contributed by atoms with E-state index in [4.69, 9.17) is 9.66 Å². The molecule has 0 aliphatic carbocycles. The van der Waals surface area contributed by atoms with E-state index in [2.05, 4.69) is 4.98 Å². The van der Waals surface area contributed by atoms with Gasteiger partial charge in [-0.1, -0.05) is 0 Å². The van der Waals surface area contributed by atoms with Crippen LogP contribution in [0.5, 0.6) is 0 Å². The molecule has 0 fully saturated rings. The maximum absolute atomic E-state index is 11.0. The summed E-state index contributed by atoms with van der Waals surface area (Å²) in [7, 11) is -4.59. The van der Waals surface area contributed by atoms with Gasteiger partial charge in [-0.2, -0.15) is 8.42 Å². The van der Waals surface area contributed by atoms with Crippen molar-refractivity contribution in [1.29, 1.82) is 0 Å². The minimum Gasteiger partial charge on any atom is -0.476 e. The van der Waals surface area contributed by atoms with Crippen LogP contribution < -0.4 is 0 Å². The van der Waals surface area contributed by atoms with Gasteiger partial charge in [0.2, 0.25) is 0 Å². The molecule has 0 saturated carbocycles. The van der Waals surface area contributed by atoms with Crippen LogP contribution in [0.1, 0.15) is 27.8 Å². The van der Waals surface area contributed by atoms with Crippen LogP contribution in [0.3, 0.4) is 0 Å². The van der Waals surface area contributed by atoms with Crippen LogP contribution >= 0.6 is 0 Å². The number of aromatic nitrogens is 1. The Morgan fingerprint density at radius 2 is 1.88 bits per heavy atom. The van der Waals surface area contributed by atoms with E-state index < -0.39 is 32.6 Å². The van der Waals surface area contributed by atoms with Crippen LogP contribution in [0.15, 0.2) is 17.2 Å². The van der Waals surface area contributed by atoms with Gasteiger partial charge in [0.15, 0.2) is 16.5 Å². The molecule has 0 bridgehead atoms. The van der Waals surface area contributed by atoms with Gasteiger partial charge in [0.25, 0.3) is 0 Å². The number of hydrogen-bond donors (Lipinski definition) is 2. The molecule has 0 spiro atoms. The second kappa shape index (κ2) is 3.99. The molecule has 7 nitrogen and oxygen atoms in total. The van der Waals surface area contributed by atoms with Crippen LogP contribution in [-0.4, -0.2) is 34.8 Å². The van der Waals surface area contributed by atoms with Gasteiger partial charge in [0.1, 0.15) is 0 Å². The molecule has 16 heavy (non-hydrogen) atoms. The first-order valence-electron chi connectivity index (χ1n) is 3.96. The van der Waals surface area contributed by atoms with Gasteiger partial charge in [0.05, 0.1) is 5.56 Å². The topological polar surface area (TPSA) is 122 Å². The van der Waals surface area contributed by atoms with Gasteiger partial charge in [-0.25, -0.2) is 9.78 Å². The summed E-state index contributed by atoms with van der Waals surface area (Å²) in [6.07, 6.45) is 0. The highest BCUT2D eigenvalue weighted by molar-refractivity contribution is 7.85. The maximum Gasteiger partial charge on any atom is 0.355 e. The zero-order chi connectivity index (χ0) is 12.5. The van der Waals surface area contributed by atoms with Crippen molar-refractivity contribution in [3.05, 3.63) is 23.4 Å². The third-order valence-corrected chi connectivity index (χ3v) is 2.47. The Kier molecular flexibility index (Phi) is 3.06. The first-order valence-corrected chi connectivity index (χ1v) is 5.40. The molecule has 8 heteroatoms. The molecule has 0 aliphatic rings. The minimum absolute atomic E-state index is 0.222. The van der Waals surface area contributed by atoms with Crippen molar-refractivity contribution in [3.63, 3.8) is 0 Å². The molecule has 1 rings (SSSR count). The first-order chi connectivity index (χ1) is 7.23. The predicted octanol–water partition coefficient (Wildman–Crippen LogP) is 0.229. The fraction of sp³-hybridized carbons (Fsp3) is 0.125. The monoisotopic (exact) mass is 245 g/mol. The second-order valence-corrected chi connectivity index (χ2v) is 4.25. The van der Waals surface area contributed by atoms with Gasteiger partial charge in [-0.05, 0) is 19.1 Å². The zero-order valence-corrected chi connectivity index (χ0v) is 8.85. The van der Waals surface area contributed by atoms with Crippen molar-refractivity contribution in [2.75, 3.05) is 0 Å². The van der Waals surface area contributed by atoms with Crippen molar-refractivity contribution in [3.8, 4) is 0 Å². The van der Waals surface area contributed by atoms with Gasteiger partial charge in [-0.3, -0.25) is 9.35 Å². The van der Waals surface area contributed by atoms with Crippen molar-refractivity contribution in [1.82, 2.24) is 4.98 Å². The summed E-state index contributed by atoms with van der Waals surface area (Å²) in [5.74, 6) is -2.11. The first kappa shape index (κ1) is 12.3. The summed E-state index contributed by atoms with van der Waals surface area (Å²) >= 11 is 0. The van der Waals surface area contributed by atoms with Gasteiger partial charge in [0, 0.05) is 0 Å². The molecule has 2 N–H and O–H groups in total. The number of ketones is 1. The van der Waals surface area contributed by atoms with Crippen molar-refractivity contribution in [2.24, 2.45) is 0 Å². The molecule has 0 radical (unpaired) electrons. The molecule has 0 atom stereocenters. The van der Waals surface area contributed by atoms with E-state index in [1.807, 2.05) is 0 Å². The average molecular weight is 245 g/mol. The quantitative estimate of drug-likeness (QED) is 0.577. The summed E-state index contributed by atoms with van der Waals surface area (Å²) < 4.78 is 30.1. The SMILES string of the molecule is CC(=O)c1ccc(S(=O)(=O)O)nc1C(=O)O. The van der Waals surface area contributed by atoms with E-state index in [1.54, 1.807) is 0 Å². The van der Waals surface area contributed by atoms with Crippen LogP contribution in [0.4, 0.5) is 0 Å². The van der Waals surface area contributed by atoms with E-state index in [-0.39, 0.29) is 5.56 Å². The Morgan fingerprint density at radius 3 is 2.25 bits per heavy atom. The third-order valence-electron chi connectivity index (χ3n) is 1.72. The fourth-order valence-electron chi connectivity index (χ4n) is 1.03. The predicted molar refractivity (Wildman–Crippen MR) is 51.0 cm³/mol. The number of carboxylic acid groups (broad SMARTS) is 1. The molecule has 0 saturated heterocycles. The van der Waals surface area contributed by atoms with Crippen molar-refractivity contribution in [2.45, 2.75) is 11.9 Å². The van der Waals surface area contributed by atoms with Crippen LogP contribution in [-0.2, 0) is 10.1 Å². The van der Waals surface area contributed by atoms with Crippen molar-refractivity contribution >= 4 is 21.9 Å². The molecule has 1 aromatic heterocycles. The highest BCUT2D eigenvalue weighted by Gasteiger charge is 2.20. The summed E-state index contributed by atoms with van der Waals surface area (Å²) in [5.41, 5.74) is -0.928. The number of pyridine rings is 1. The highest BCUT2D eigenvalue weighted by Crippen LogP contribution is 2.12. The standard InChI is InChI=1S/C8H7NO6S/c1-4(10)5-2-3-6(16(13,14)15)9-7(5)8(11)12/h2-3H,1H3,(H,11,12)(H,13,14,15). The lowest BCUT2D eigenvalue weighted by Crippen LogP contribution is -2.12. The number of carboxylic acids is 1. The molecule has 1 aromatic rings. The average Bonchev–Trinajstić information content (AvgIpc) is 2.15. The van der Waals surface area contributed by atoms with Gasteiger partial charge < -0.3 is 5.11 Å². The van der Waals surface area contributed by atoms with Gasteiger partial charge in [-0.15, -0.1) is 0 Å². The lowest BCUT2D eigenvalue weighted by Gasteiger charge is -2.03. The number of carbonyl (C=O) groups is 2.